The van der Waals surface area contributed by atoms with E-state index in [-0.39, 0.29) is 12.1 Å². The van der Waals surface area contributed by atoms with Crippen LogP contribution in [0.25, 0.3) is 0 Å². The normalized spacial score (nSPS) is 14.1. The van der Waals surface area contributed by atoms with Crippen LogP contribution in [0.3, 0.4) is 0 Å². The number of carbonyl (C=O) groups is 2. The van der Waals surface area contributed by atoms with Crippen LogP contribution < -0.4 is 0 Å². The SMILES string of the molecule is CC(=O)O[C@@H](CC=C(C)CCC=C(C)CCC=C(C)CC(=O)CC(C)C)c1ccoc1. The highest BCUT2D eigenvalue weighted by molar-refractivity contribution is 5.80. The summed E-state index contributed by atoms with van der Waals surface area (Å²) in [6.07, 6.45) is 15.4. The van der Waals surface area contributed by atoms with Crippen molar-refractivity contribution in [3.63, 3.8) is 0 Å². The fraction of sp³-hybridized carbons (Fsp3) is 0.556. The van der Waals surface area contributed by atoms with Gasteiger partial charge in [-0.15, -0.1) is 0 Å². The van der Waals surface area contributed by atoms with Gasteiger partial charge < -0.3 is 9.15 Å². The summed E-state index contributed by atoms with van der Waals surface area (Å²) in [7, 11) is 0. The third-order valence-corrected chi connectivity index (χ3v) is 5.08. The van der Waals surface area contributed by atoms with E-state index in [1.54, 1.807) is 12.5 Å². The van der Waals surface area contributed by atoms with E-state index in [1.165, 1.54) is 23.6 Å². The largest absolute Gasteiger partial charge is 0.472 e. The molecule has 1 atom stereocenters. The van der Waals surface area contributed by atoms with Crippen LogP contribution in [0.1, 0.15) is 98.2 Å². The minimum atomic E-state index is -0.300. The Labute approximate surface area is 188 Å². The third kappa shape index (κ3) is 12.8. The molecular weight excluding hydrogens is 388 g/mol. The topological polar surface area (TPSA) is 56.5 Å². The molecule has 0 aliphatic heterocycles. The van der Waals surface area contributed by atoms with E-state index in [0.29, 0.717) is 31.0 Å². The van der Waals surface area contributed by atoms with E-state index in [9.17, 15) is 9.59 Å². The molecule has 1 rings (SSSR count). The molecule has 172 valence electrons. The second kappa shape index (κ2) is 14.6. The Morgan fingerprint density at radius 1 is 0.968 bits per heavy atom. The molecule has 4 heteroatoms. The summed E-state index contributed by atoms with van der Waals surface area (Å²) in [6, 6.07) is 1.83. The monoisotopic (exact) mass is 428 g/mol. The zero-order chi connectivity index (χ0) is 23.2. The molecule has 1 heterocycles. The smallest absolute Gasteiger partial charge is 0.303 e. The first-order valence-electron chi connectivity index (χ1n) is 11.3. The number of hydrogen-bond acceptors (Lipinski definition) is 4. The number of furan rings is 1. The van der Waals surface area contributed by atoms with Gasteiger partial charge in [0.2, 0.25) is 0 Å². The van der Waals surface area contributed by atoms with Crippen molar-refractivity contribution >= 4 is 11.8 Å². The second-order valence-electron chi connectivity index (χ2n) is 8.93. The van der Waals surface area contributed by atoms with Crippen LogP contribution in [0, 0.1) is 5.92 Å². The van der Waals surface area contributed by atoms with Crippen LogP contribution in [0.15, 0.2) is 58.0 Å². The number of esters is 1. The van der Waals surface area contributed by atoms with Gasteiger partial charge in [0.25, 0.3) is 0 Å². The van der Waals surface area contributed by atoms with Gasteiger partial charge in [-0.1, -0.05) is 48.8 Å². The van der Waals surface area contributed by atoms with E-state index in [0.717, 1.165) is 31.2 Å². The number of allylic oxidation sites excluding steroid dienone is 5. The molecule has 1 aromatic heterocycles. The second-order valence-corrected chi connectivity index (χ2v) is 8.93. The first-order valence-corrected chi connectivity index (χ1v) is 11.3. The number of ketones is 1. The Kier molecular flexibility index (Phi) is 12.6. The van der Waals surface area contributed by atoms with Crippen molar-refractivity contribution in [1.82, 2.24) is 0 Å². The quantitative estimate of drug-likeness (QED) is 0.225. The summed E-state index contributed by atoms with van der Waals surface area (Å²) in [5.74, 6) is 0.479. The molecule has 0 amide bonds. The third-order valence-electron chi connectivity index (χ3n) is 5.08. The van der Waals surface area contributed by atoms with Crippen molar-refractivity contribution in [1.29, 1.82) is 0 Å². The maximum atomic E-state index is 11.9. The number of carbonyl (C=O) groups excluding carboxylic acids is 2. The van der Waals surface area contributed by atoms with Crippen LogP contribution in [0.2, 0.25) is 0 Å². The van der Waals surface area contributed by atoms with Crippen LogP contribution >= 0.6 is 0 Å². The predicted molar refractivity (Wildman–Crippen MR) is 127 cm³/mol. The first-order chi connectivity index (χ1) is 14.7. The van der Waals surface area contributed by atoms with Crippen LogP contribution in [-0.2, 0) is 14.3 Å². The molecule has 0 saturated heterocycles. The van der Waals surface area contributed by atoms with E-state index in [4.69, 9.17) is 9.15 Å². The molecule has 0 saturated carbocycles. The standard InChI is InChI=1S/C27H40O4/c1-20(2)17-26(29)18-23(5)12-8-10-21(3)9-7-11-22(4)13-14-27(31-24(6)28)25-15-16-30-19-25/h9,12-13,15-16,19-20,27H,7-8,10-11,14,17-18H2,1-6H3/t27-/m0/s1. The Hall–Kier alpha value is -2.36. The molecule has 0 aliphatic carbocycles. The fourth-order valence-corrected chi connectivity index (χ4v) is 3.43. The minimum absolute atomic E-state index is 0.288. The van der Waals surface area contributed by atoms with Gasteiger partial charge in [-0.3, -0.25) is 9.59 Å². The Bertz CT molecular complexity index is 763. The van der Waals surface area contributed by atoms with Gasteiger partial charge in [0, 0.05) is 31.7 Å². The fourth-order valence-electron chi connectivity index (χ4n) is 3.43. The highest BCUT2D eigenvalue weighted by Crippen LogP contribution is 2.24. The molecule has 0 unspecified atom stereocenters. The van der Waals surface area contributed by atoms with Crippen molar-refractivity contribution in [2.24, 2.45) is 5.92 Å². The Balaban J connectivity index is 2.40. The van der Waals surface area contributed by atoms with Crippen molar-refractivity contribution in [3.8, 4) is 0 Å². The van der Waals surface area contributed by atoms with Gasteiger partial charge >= 0.3 is 5.97 Å². The predicted octanol–water partition coefficient (Wildman–Crippen LogP) is 7.68. The average molecular weight is 429 g/mol. The number of hydrogen-bond donors (Lipinski definition) is 0. The average Bonchev–Trinajstić information content (AvgIpc) is 3.18. The zero-order valence-electron chi connectivity index (χ0n) is 20.2. The molecule has 0 fully saturated rings. The van der Waals surface area contributed by atoms with Gasteiger partial charge in [-0.2, -0.15) is 0 Å². The number of rotatable bonds is 14. The number of ether oxygens (including phenoxy) is 1. The van der Waals surface area contributed by atoms with Crippen molar-refractivity contribution in [2.45, 2.75) is 92.6 Å². The van der Waals surface area contributed by atoms with Gasteiger partial charge in [0.1, 0.15) is 11.9 Å². The number of Topliss-reactive ketones (excluding diaryl/α,β-unsaturated/α-hetero) is 1. The lowest BCUT2D eigenvalue weighted by Gasteiger charge is -2.14. The summed E-state index contributed by atoms with van der Waals surface area (Å²) >= 11 is 0. The Morgan fingerprint density at radius 3 is 2.13 bits per heavy atom. The molecule has 31 heavy (non-hydrogen) atoms. The van der Waals surface area contributed by atoms with Gasteiger partial charge in [-0.25, -0.2) is 0 Å². The highest BCUT2D eigenvalue weighted by Gasteiger charge is 2.14. The van der Waals surface area contributed by atoms with E-state index in [1.807, 2.05) is 6.07 Å². The van der Waals surface area contributed by atoms with Crippen LogP contribution in [0.4, 0.5) is 0 Å². The maximum absolute atomic E-state index is 11.9. The molecule has 4 nitrogen and oxygen atoms in total. The summed E-state index contributed by atoms with van der Waals surface area (Å²) in [4.78, 5) is 23.3. The summed E-state index contributed by atoms with van der Waals surface area (Å²) in [5, 5.41) is 0. The molecule has 1 aromatic rings. The van der Waals surface area contributed by atoms with Gasteiger partial charge in [0.05, 0.1) is 12.5 Å². The van der Waals surface area contributed by atoms with E-state index >= 15 is 0 Å². The summed E-state index contributed by atoms with van der Waals surface area (Å²) < 4.78 is 10.5. The maximum Gasteiger partial charge on any atom is 0.303 e. The molecule has 0 radical (unpaired) electrons. The lowest BCUT2D eigenvalue weighted by atomic mass is 10.0. The lowest BCUT2D eigenvalue weighted by Crippen LogP contribution is -2.07. The van der Waals surface area contributed by atoms with E-state index < -0.39 is 0 Å². The zero-order valence-corrected chi connectivity index (χ0v) is 20.2. The van der Waals surface area contributed by atoms with Gasteiger partial charge in [0.15, 0.2) is 0 Å². The highest BCUT2D eigenvalue weighted by atomic mass is 16.5. The van der Waals surface area contributed by atoms with Crippen LogP contribution in [-0.4, -0.2) is 11.8 Å². The molecule has 0 aromatic carbocycles. The van der Waals surface area contributed by atoms with Crippen molar-refractivity contribution < 1.29 is 18.7 Å². The first kappa shape index (κ1) is 26.7. The summed E-state index contributed by atoms with van der Waals surface area (Å²) in [6.45, 7) is 11.9. The molecule has 0 bridgehead atoms. The molecule has 0 aliphatic rings. The van der Waals surface area contributed by atoms with Crippen molar-refractivity contribution in [3.05, 3.63) is 59.1 Å². The lowest BCUT2D eigenvalue weighted by molar-refractivity contribution is -0.146. The van der Waals surface area contributed by atoms with Crippen molar-refractivity contribution in [2.75, 3.05) is 0 Å². The molecular formula is C27H40O4. The van der Waals surface area contributed by atoms with Crippen LogP contribution in [0.5, 0.6) is 0 Å². The minimum Gasteiger partial charge on any atom is -0.472 e. The van der Waals surface area contributed by atoms with E-state index in [2.05, 4.69) is 52.8 Å². The Morgan fingerprint density at radius 2 is 1.58 bits per heavy atom. The molecule has 0 N–H and O–H groups in total. The molecule has 0 spiro atoms. The summed E-state index contributed by atoms with van der Waals surface area (Å²) in [5.41, 5.74) is 4.71. The van der Waals surface area contributed by atoms with Gasteiger partial charge in [-0.05, 0) is 58.4 Å².